The quantitative estimate of drug-likeness (QED) is 0.932. The summed E-state index contributed by atoms with van der Waals surface area (Å²) in [7, 11) is 1.64. The number of benzene rings is 2. The third kappa shape index (κ3) is 2.54. The molecule has 2 aromatic carbocycles. The van der Waals surface area contributed by atoms with Crippen LogP contribution in [0.1, 0.15) is 26.3 Å². The topological polar surface area (TPSA) is 57.6 Å². The molecule has 2 aromatic rings. The summed E-state index contributed by atoms with van der Waals surface area (Å²) in [6, 6.07) is 13.7. The molecule has 0 heterocycles. The van der Waals surface area contributed by atoms with E-state index in [1.807, 2.05) is 31.2 Å². The molecule has 0 atom stereocenters. The molecule has 2 rings (SSSR count). The normalized spacial score (nSPS) is 10.1. The van der Waals surface area contributed by atoms with Crippen molar-refractivity contribution in [3.05, 3.63) is 65.2 Å². The zero-order valence-electron chi connectivity index (χ0n) is 11.3. The number of hydrogen-bond acceptors (Lipinski definition) is 2. The van der Waals surface area contributed by atoms with Crippen LogP contribution in [0.15, 0.2) is 48.5 Å². The van der Waals surface area contributed by atoms with Gasteiger partial charge in [-0.2, -0.15) is 0 Å². The summed E-state index contributed by atoms with van der Waals surface area (Å²) in [5.74, 6) is -1.44. The Hall–Kier alpha value is -2.62. The fraction of sp³-hybridized carbons (Fsp3) is 0.125. The number of carbonyl (C=O) groups excluding carboxylic acids is 1. The lowest BCUT2D eigenvalue weighted by Crippen LogP contribution is -2.28. The first-order chi connectivity index (χ1) is 9.52. The molecule has 0 fully saturated rings. The van der Waals surface area contributed by atoms with Crippen LogP contribution >= 0.6 is 0 Å². The molecule has 0 saturated carbocycles. The predicted octanol–water partition coefficient (Wildman–Crippen LogP) is 2.97. The van der Waals surface area contributed by atoms with E-state index in [-0.39, 0.29) is 17.0 Å². The molecule has 0 aliphatic heterocycles. The summed E-state index contributed by atoms with van der Waals surface area (Å²) < 4.78 is 0. The summed E-state index contributed by atoms with van der Waals surface area (Å²) >= 11 is 0. The van der Waals surface area contributed by atoms with Crippen LogP contribution in [0.3, 0.4) is 0 Å². The van der Waals surface area contributed by atoms with Gasteiger partial charge in [0.05, 0.1) is 11.1 Å². The Morgan fingerprint density at radius 3 is 2.10 bits per heavy atom. The van der Waals surface area contributed by atoms with Crippen LogP contribution in [0.2, 0.25) is 0 Å². The van der Waals surface area contributed by atoms with Crippen LogP contribution in [0.25, 0.3) is 0 Å². The molecule has 4 nitrogen and oxygen atoms in total. The number of para-hydroxylation sites is 1. The zero-order chi connectivity index (χ0) is 14.7. The van der Waals surface area contributed by atoms with Gasteiger partial charge < -0.3 is 10.0 Å². The minimum Gasteiger partial charge on any atom is -0.478 e. The Balaban J connectivity index is 2.42. The summed E-state index contributed by atoms with van der Waals surface area (Å²) in [4.78, 5) is 25.1. The van der Waals surface area contributed by atoms with Gasteiger partial charge in [0.2, 0.25) is 0 Å². The molecule has 20 heavy (non-hydrogen) atoms. The van der Waals surface area contributed by atoms with Gasteiger partial charge in [0.1, 0.15) is 0 Å². The third-order valence-corrected chi connectivity index (χ3v) is 3.17. The number of aryl methyl sites for hydroxylation is 1. The van der Waals surface area contributed by atoms with Gasteiger partial charge in [0.25, 0.3) is 5.91 Å². The largest absolute Gasteiger partial charge is 0.478 e. The number of rotatable bonds is 3. The average Bonchev–Trinajstić information content (AvgIpc) is 2.46. The van der Waals surface area contributed by atoms with Gasteiger partial charge in [0.15, 0.2) is 0 Å². The van der Waals surface area contributed by atoms with Crippen molar-refractivity contribution in [1.82, 2.24) is 0 Å². The first-order valence-electron chi connectivity index (χ1n) is 6.18. The first kappa shape index (κ1) is 13.8. The van der Waals surface area contributed by atoms with Gasteiger partial charge in [-0.15, -0.1) is 0 Å². The van der Waals surface area contributed by atoms with E-state index in [2.05, 4.69) is 0 Å². The molecule has 0 bridgehead atoms. The molecule has 0 aliphatic rings. The van der Waals surface area contributed by atoms with Crippen molar-refractivity contribution in [2.45, 2.75) is 6.92 Å². The molecular formula is C16H15NO3. The molecule has 4 heteroatoms. The Labute approximate surface area is 117 Å². The minimum atomic E-state index is -1.10. The highest BCUT2D eigenvalue weighted by molar-refractivity contribution is 6.11. The van der Waals surface area contributed by atoms with Crippen molar-refractivity contribution in [3.63, 3.8) is 0 Å². The fourth-order valence-electron chi connectivity index (χ4n) is 2.09. The Bertz CT molecular complexity index is 664. The number of carboxylic acid groups (broad SMARTS) is 1. The second-order valence-corrected chi connectivity index (χ2v) is 4.50. The van der Waals surface area contributed by atoms with E-state index < -0.39 is 5.97 Å². The lowest BCUT2D eigenvalue weighted by molar-refractivity contribution is 0.0692. The molecule has 102 valence electrons. The smallest absolute Gasteiger partial charge is 0.336 e. The highest BCUT2D eigenvalue weighted by atomic mass is 16.4. The van der Waals surface area contributed by atoms with Crippen molar-refractivity contribution in [2.75, 3.05) is 11.9 Å². The van der Waals surface area contributed by atoms with Crippen LogP contribution in [-0.2, 0) is 0 Å². The van der Waals surface area contributed by atoms with Gasteiger partial charge in [-0.1, -0.05) is 30.3 Å². The zero-order valence-corrected chi connectivity index (χ0v) is 11.3. The maximum absolute atomic E-state index is 12.5. The number of amides is 1. The van der Waals surface area contributed by atoms with Crippen molar-refractivity contribution in [3.8, 4) is 0 Å². The standard InChI is InChI=1S/C16H15NO3/c1-11-7-3-6-10-14(11)17(2)15(18)12-8-4-5-9-13(12)16(19)20/h3-10H,1-2H3,(H,19,20). The summed E-state index contributed by atoms with van der Waals surface area (Å²) in [6.45, 7) is 1.90. The molecule has 1 amide bonds. The number of nitrogens with zero attached hydrogens (tertiary/aromatic N) is 1. The van der Waals surface area contributed by atoms with Crippen molar-refractivity contribution in [2.24, 2.45) is 0 Å². The number of hydrogen-bond donors (Lipinski definition) is 1. The molecule has 0 unspecified atom stereocenters. The van der Waals surface area contributed by atoms with E-state index in [1.54, 1.807) is 19.2 Å². The molecule has 0 spiro atoms. The highest BCUT2D eigenvalue weighted by Gasteiger charge is 2.20. The lowest BCUT2D eigenvalue weighted by Gasteiger charge is -2.20. The Kier molecular flexibility index (Phi) is 3.84. The molecular weight excluding hydrogens is 254 g/mol. The maximum Gasteiger partial charge on any atom is 0.336 e. The summed E-state index contributed by atoms with van der Waals surface area (Å²) in [6.07, 6.45) is 0. The van der Waals surface area contributed by atoms with E-state index in [1.165, 1.54) is 17.0 Å². The average molecular weight is 269 g/mol. The molecule has 1 N–H and O–H groups in total. The fourth-order valence-corrected chi connectivity index (χ4v) is 2.09. The van der Waals surface area contributed by atoms with Crippen LogP contribution < -0.4 is 4.90 Å². The van der Waals surface area contributed by atoms with Crippen molar-refractivity contribution in [1.29, 1.82) is 0 Å². The van der Waals surface area contributed by atoms with Crippen LogP contribution in [-0.4, -0.2) is 24.0 Å². The summed E-state index contributed by atoms with van der Waals surface area (Å²) in [5.41, 5.74) is 1.91. The van der Waals surface area contributed by atoms with Gasteiger partial charge >= 0.3 is 5.97 Å². The van der Waals surface area contributed by atoms with E-state index >= 15 is 0 Å². The first-order valence-corrected chi connectivity index (χ1v) is 6.18. The van der Waals surface area contributed by atoms with Crippen LogP contribution in [0.4, 0.5) is 5.69 Å². The van der Waals surface area contributed by atoms with Crippen molar-refractivity contribution < 1.29 is 14.7 Å². The lowest BCUT2D eigenvalue weighted by atomic mass is 10.1. The Morgan fingerprint density at radius 1 is 0.950 bits per heavy atom. The monoisotopic (exact) mass is 269 g/mol. The minimum absolute atomic E-state index is 0.0120. The molecule has 0 aromatic heterocycles. The summed E-state index contributed by atoms with van der Waals surface area (Å²) in [5, 5.41) is 9.15. The van der Waals surface area contributed by atoms with Gasteiger partial charge in [-0.25, -0.2) is 4.79 Å². The van der Waals surface area contributed by atoms with Crippen LogP contribution in [0, 0.1) is 6.92 Å². The second kappa shape index (κ2) is 5.57. The highest BCUT2D eigenvalue weighted by Crippen LogP contribution is 2.21. The SMILES string of the molecule is Cc1ccccc1N(C)C(=O)c1ccccc1C(=O)O. The molecule has 0 aliphatic carbocycles. The molecule has 0 radical (unpaired) electrons. The van der Waals surface area contributed by atoms with E-state index in [0.29, 0.717) is 0 Å². The number of anilines is 1. The van der Waals surface area contributed by atoms with Crippen LogP contribution in [0.5, 0.6) is 0 Å². The third-order valence-electron chi connectivity index (χ3n) is 3.17. The second-order valence-electron chi connectivity index (χ2n) is 4.50. The number of carbonyl (C=O) groups is 2. The van der Waals surface area contributed by atoms with Gasteiger partial charge in [-0.05, 0) is 30.7 Å². The van der Waals surface area contributed by atoms with Gasteiger partial charge in [-0.3, -0.25) is 4.79 Å². The maximum atomic E-state index is 12.5. The van der Waals surface area contributed by atoms with E-state index in [4.69, 9.17) is 5.11 Å². The van der Waals surface area contributed by atoms with Gasteiger partial charge in [0, 0.05) is 12.7 Å². The number of aromatic carboxylic acids is 1. The van der Waals surface area contributed by atoms with E-state index in [0.717, 1.165) is 11.3 Å². The predicted molar refractivity (Wildman–Crippen MR) is 77.3 cm³/mol. The van der Waals surface area contributed by atoms with E-state index in [9.17, 15) is 9.59 Å². The van der Waals surface area contributed by atoms with Crippen molar-refractivity contribution >= 4 is 17.6 Å². The molecule has 0 saturated heterocycles. The Morgan fingerprint density at radius 2 is 1.50 bits per heavy atom. The number of carboxylic acids is 1.